The van der Waals surface area contributed by atoms with E-state index in [0.717, 1.165) is 32.1 Å². The Morgan fingerprint density at radius 1 is 1.04 bits per heavy atom. The average molecular weight is 412 g/mol. The Morgan fingerprint density at radius 3 is 1.50 bits per heavy atom. The van der Waals surface area contributed by atoms with Crippen LogP contribution in [0.15, 0.2) is 43.5 Å². The van der Waals surface area contributed by atoms with Crippen molar-refractivity contribution in [1.82, 2.24) is 0 Å². The van der Waals surface area contributed by atoms with Crippen molar-refractivity contribution in [1.29, 1.82) is 0 Å². The van der Waals surface area contributed by atoms with E-state index < -0.39 is 12.2 Å². The maximum Gasteiger partial charge on any atom is 4.00 e. The predicted molar refractivity (Wildman–Crippen MR) is 99.6 cm³/mol. The monoisotopic (exact) mass is 410 g/mol. The van der Waals surface area contributed by atoms with Crippen LogP contribution in [0.3, 0.4) is 0 Å². The number of hydrogen-bond acceptors (Lipinski definition) is 2. The van der Waals surface area contributed by atoms with Crippen LogP contribution in [0.2, 0.25) is 0 Å². The SMILES string of the molecule is C=CCCC(C)[O-].C=CCCC(C)[O-].C[C-](C)C.[C-]1=CC=CC1.[Zr+4]. The van der Waals surface area contributed by atoms with Crippen LogP contribution >= 0.6 is 0 Å². The zero-order valence-electron chi connectivity index (χ0n) is 16.3. The van der Waals surface area contributed by atoms with Crippen LogP contribution in [0, 0.1) is 12.0 Å². The van der Waals surface area contributed by atoms with Crippen molar-refractivity contribution in [3.8, 4) is 0 Å². The predicted octanol–water partition coefficient (Wildman–Crippen LogP) is 4.33. The summed E-state index contributed by atoms with van der Waals surface area (Å²) in [6.07, 6.45) is 15.9. The van der Waals surface area contributed by atoms with Gasteiger partial charge in [-0.2, -0.15) is 26.8 Å². The van der Waals surface area contributed by atoms with E-state index in [-0.39, 0.29) is 26.2 Å². The van der Waals surface area contributed by atoms with E-state index in [1.165, 1.54) is 5.92 Å². The van der Waals surface area contributed by atoms with Crippen molar-refractivity contribution in [2.45, 2.75) is 78.9 Å². The molecule has 0 spiro atoms. The van der Waals surface area contributed by atoms with Gasteiger partial charge in [0.15, 0.2) is 0 Å². The van der Waals surface area contributed by atoms with E-state index in [1.54, 1.807) is 26.0 Å². The van der Waals surface area contributed by atoms with E-state index in [2.05, 4.69) is 46.1 Å². The van der Waals surface area contributed by atoms with E-state index in [9.17, 15) is 10.2 Å². The maximum absolute atomic E-state index is 10.2. The second-order valence-electron chi connectivity index (χ2n) is 5.86. The summed E-state index contributed by atoms with van der Waals surface area (Å²) in [5.74, 6) is 1.42. The van der Waals surface area contributed by atoms with Crippen LogP contribution < -0.4 is 10.2 Å². The maximum atomic E-state index is 10.2. The molecule has 0 radical (unpaired) electrons. The van der Waals surface area contributed by atoms with Gasteiger partial charge in [0, 0.05) is 0 Å². The van der Waals surface area contributed by atoms with Crippen molar-refractivity contribution >= 4 is 0 Å². The van der Waals surface area contributed by atoms with Gasteiger partial charge in [0.2, 0.25) is 0 Å². The van der Waals surface area contributed by atoms with Gasteiger partial charge in [0.1, 0.15) is 0 Å². The Labute approximate surface area is 170 Å². The summed E-state index contributed by atoms with van der Waals surface area (Å²) in [6, 6.07) is 0. The van der Waals surface area contributed by atoms with E-state index in [0.29, 0.717) is 0 Å². The molecule has 0 bridgehead atoms. The van der Waals surface area contributed by atoms with Gasteiger partial charge in [0.25, 0.3) is 0 Å². The van der Waals surface area contributed by atoms with Crippen molar-refractivity contribution in [3.05, 3.63) is 55.5 Å². The first kappa shape index (κ1) is 31.5. The Balaban J connectivity index is -0.000000112. The van der Waals surface area contributed by atoms with Gasteiger partial charge in [-0.3, -0.25) is 6.08 Å². The zero-order chi connectivity index (χ0) is 18.5. The zero-order valence-corrected chi connectivity index (χ0v) is 18.8. The van der Waals surface area contributed by atoms with Crippen molar-refractivity contribution in [2.75, 3.05) is 0 Å². The van der Waals surface area contributed by atoms with Crippen molar-refractivity contribution in [3.63, 3.8) is 0 Å². The van der Waals surface area contributed by atoms with Crippen molar-refractivity contribution in [2.24, 2.45) is 0 Å². The average Bonchev–Trinajstić information content (AvgIpc) is 3.02. The molecule has 2 atom stereocenters. The van der Waals surface area contributed by atoms with E-state index >= 15 is 0 Å². The van der Waals surface area contributed by atoms with Gasteiger partial charge in [-0.1, -0.05) is 38.8 Å². The molecule has 2 nitrogen and oxygen atoms in total. The van der Waals surface area contributed by atoms with Gasteiger partial charge in [-0.05, 0) is 12.8 Å². The van der Waals surface area contributed by atoms with Gasteiger partial charge < -0.3 is 16.1 Å². The van der Waals surface area contributed by atoms with Crippen LogP contribution in [0.25, 0.3) is 0 Å². The molecule has 0 fully saturated rings. The molecule has 1 rings (SSSR count). The molecule has 0 heterocycles. The van der Waals surface area contributed by atoms with Gasteiger partial charge >= 0.3 is 26.2 Å². The Hall–Kier alpha value is -0.237. The third-order valence-corrected chi connectivity index (χ3v) is 2.14. The fourth-order valence-electron chi connectivity index (χ4n) is 1.05. The summed E-state index contributed by atoms with van der Waals surface area (Å²) in [6.45, 7) is 16.6. The molecule has 1 aliphatic carbocycles. The van der Waals surface area contributed by atoms with Gasteiger partial charge in [-0.15, -0.1) is 31.8 Å². The van der Waals surface area contributed by atoms with E-state index in [4.69, 9.17) is 0 Å². The third kappa shape index (κ3) is 57.6. The molecule has 0 aliphatic heterocycles. The fraction of sp³-hybridized carbons (Fsp3) is 0.571. The summed E-state index contributed by atoms with van der Waals surface area (Å²) in [5, 5.41) is 20.5. The van der Waals surface area contributed by atoms with Crippen LogP contribution in [-0.2, 0) is 26.2 Å². The molecular weight excluding hydrogens is 375 g/mol. The second-order valence-corrected chi connectivity index (χ2v) is 5.86. The largest absolute Gasteiger partial charge is 4.00 e. The Morgan fingerprint density at radius 2 is 1.42 bits per heavy atom. The Bertz CT molecular complexity index is 263. The summed E-state index contributed by atoms with van der Waals surface area (Å²) < 4.78 is 0. The number of rotatable bonds is 6. The summed E-state index contributed by atoms with van der Waals surface area (Å²) in [7, 11) is 0. The first-order chi connectivity index (χ1) is 10.8. The standard InChI is InChI=1S/2C6H11O.C5H5.C4H9.Zr/c2*1-3-4-5-6(2)7;1-2-4-5-3-1;1-4(2)3;/h2*3,6H,1,4-5H2,2H3;1-3H,4H2;1-3H3;/q4*-1;+4. The van der Waals surface area contributed by atoms with Crippen LogP contribution in [-0.4, -0.2) is 12.2 Å². The third-order valence-electron chi connectivity index (χ3n) is 2.14. The molecule has 3 heteroatoms. The molecular formula is C21H36O2Zr. The first-order valence-electron chi connectivity index (χ1n) is 8.29. The smallest absolute Gasteiger partial charge is 0.852 e. The second kappa shape index (κ2) is 27.6. The molecule has 1 aliphatic rings. The minimum absolute atomic E-state index is 0. The molecule has 0 amide bonds. The van der Waals surface area contributed by atoms with Gasteiger partial charge in [-0.25, -0.2) is 12.2 Å². The minimum Gasteiger partial charge on any atom is -0.852 e. The number of allylic oxidation sites excluding steroid dienone is 6. The molecule has 0 saturated carbocycles. The normalized spacial score (nSPS) is 13.0. The topological polar surface area (TPSA) is 46.1 Å². The molecule has 24 heavy (non-hydrogen) atoms. The molecule has 0 aromatic heterocycles. The van der Waals surface area contributed by atoms with E-state index in [1.807, 2.05) is 12.2 Å². The summed E-state index contributed by atoms with van der Waals surface area (Å²) in [4.78, 5) is 0. The van der Waals surface area contributed by atoms with Crippen molar-refractivity contribution < 1.29 is 36.4 Å². The van der Waals surface area contributed by atoms with Gasteiger partial charge in [0.05, 0.1) is 0 Å². The number of hydrogen-bond donors (Lipinski definition) is 0. The molecule has 0 aromatic carbocycles. The minimum atomic E-state index is -0.419. The molecule has 0 aromatic rings. The molecule has 0 saturated heterocycles. The van der Waals surface area contributed by atoms with Crippen LogP contribution in [0.1, 0.15) is 66.7 Å². The summed E-state index contributed by atoms with van der Waals surface area (Å²) >= 11 is 0. The van der Waals surface area contributed by atoms with Crippen LogP contribution in [0.4, 0.5) is 0 Å². The quantitative estimate of drug-likeness (QED) is 0.482. The Kier molecular flexibility index (Phi) is 36.3. The summed E-state index contributed by atoms with van der Waals surface area (Å²) in [5.41, 5.74) is 0. The molecule has 0 N–H and O–H groups in total. The molecule has 136 valence electrons. The first-order valence-corrected chi connectivity index (χ1v) is 8.29. The fourth-order valence-corrected chi connectivity index (χ4v) is 1.05. The van der Waals surface area contributed by atoms with Crippen LogP contribution in [0.5, 0.6) is 0 Å². The molecule has 2 unspecified atom stereocenters.